The molecule has 27 heavy (non-hydrogen) atoms. The van der Waals surface area contributed by atoms with E-state index in [1.807, 2.05) is 0 Å². The third kappa shape index (κ3) is 4.50. The van der Waals surface area contributed by atoms with E-state index in [-0.39, 0.29) is 35.7 Å². The molecular weight excluding hydrogens is 370 g/mol. The number of hydrogen-bond donors (Lipinski definition) is 0. The fraction of sp³-hybridized carbons (Fsp3) is 0.579. The lowest BCUT2D eigenvalue weighted by Crippen LogP contribution is -2.41. The van der Waals surface area contributed by atoms with Crippen molar-refractivity contribution in [2.24, 2.45) is 5.92 Å². The fourth-order valence-corrected chi connectivity index (χ4v) is 5.01. The zero-order valence-corrected chi connectivity index (χ0v) is 16.2. The Morgan fingerprint density at radius 3 is 2.33 bits per heavy atom. The van der Waals surface area contributed by atoms with Crippen LogP contribution in [0.5, 0.6) is 5.75 Å². The first kappa shape index (κ1) is 19.8. The quantitative estimate of drug-likeness (QED) is 0.710. The van der Waals surface area contributed by atoms with E-state index in [2.05, 4.69) is 0 Å². The van der Waals surface area contributed by atoms with Gasteiger partial charge in [-0.05, 0) is 56.4 Å². The van der Waals surface area contributed by atoms with Crippen LogP contribution < -0.4 is 4.74 Å². The summed E-state index contributed by atoms with van der Waals surface area (Å²) < 4.78 is 37.3. The predicted molar refractivity (Wildman–Crippen MR) is 97.8 cm³/mol. The molecule has 2 fully saturated rings. The van der Waals surface area contributed by atoms with Crippen molar-refractivity contribution in [2.45, 2.75) is 49.5 Å². The number of ketones is 1. The highest BCUT2D eigenvalue weighted by atomic mass is 32.2. The topological polar surface area (TPSA) is 90.0 Å². The van der Waals surface area contributed by atoms with Gasteiger partial charge >= 0.3 is 5.97 Å². The minimum Gasteiger partial charge on any atom is -0.497 e. The molecule has 1 heterocycles. The molecule has 1 aliphatic carbocycles. The molecular formula is C19H25NO6S. The summed E-state index contributed by atoms with van der Waals surface area (Å²) in [5.41, 5.74) is 0. The summed E-state index contributed by atoms with van der Waals surface area (Å²) in [5, 5.41) is 0. The van der Waals surface area contributed by atoms with E-state index in [1.165, 1.54) is 23.5 Å². The van der Waals surface area contributed by atoms with Gasteiger partial charge in [-0.2, -0.15) is 4.31 Å². The van der Waals surface area contributed by atoms with Gasteiger partial charge in [0, 0.05) is 19.5 Å². The zero-order chi connectivity index (χ0) is 19.4. The van der Waals surface area contributed by atoms with Gasteiger partial charge in [-0.15, -0.1) is 0 Å². The molecule has 148 valence electrons. The first-order valence-corrected chi connectivity index (χ1v) is 10.7. The number of esters is 1. The number of carbonyl (C=O) groups is 2. The first-order valence-electron chi connectivity index (χ1n) is 9.29. The third-order valence-corrected chi connectivity index (χ3v) is 7.15. The maximum Gasteiger partial charge on any atom is 0.309 e. The maximum absolute atomic E-state index is 12.7. The number of hydrogen-bond acceptors (Lipinski definition) is 6. The number of methoxy groups -OCH3 is 1. The molecule has 1 unspecified atom stereocenters. The van der Waals surface area contributed by atoms with Gasteiger partial charge in [0.15, 0.2) is 11.9 Å². The molecule has 0 spiro atoms. The van der Waals surface area contributed by atoms with Crippen LogP contribution in [0.3, 0.4) is 0 Å². The molecule has 1 saturated heterocycles. The van der Waals surface area contributed by atoms with Crippen LogP contribution in [0.15, 0.2) is 29.2 Å². The molecule has 1 aliphatic heterocycles. The monoisotopic (exact) mass is 395 g/mol. The Bertz CT molecular complexity index is 781. The average molecular weight is 395 g/mol. The van der Waals surface area contributed by atoms with Crippen molar-refractivity contribution in [1.29, 1.82) is 0 Å². The standard InChI is InChI=1S/C19H25NO6S/c1-25-15-6-8-16(9-7-15)27(23,24)20-12-10-14(11-13-20)19(22)26-18-5-3-2-4-17(18)21/h6-9,14,18H,2-5,10-13H2,1H3. The lowest BCUT2D eigenvalue weighted by atomic mass is 9.95. The average Bonchev–Trinajstić information content (AvgIpc) is 2.70. The Hall–Kier alpha value is -1.93. The molecule has 0 aromatic heterocycles. The molecule has 8 heteroatoms. The van der Waals surface area contributed by atoms with Crippen molar-refractivity contribution < 1.29 is 27.5 Å². The van der Waals surface area contributed by atoms with Crippen LogP contribution >= 0.6 is 0 Å². The molecule has 1 atom stereocenters. The Morgan fingerprint density at radius 2 is 1.74 bits per heavy atom. The van der Waals surface area contributed by atoms with E-state index < -0.39 is 16.1 Å². The van der Waals surface area contributed by atoms with Gasteiger partial charge in [-0.25, -0.2) is 8.42 Å². The summed E-state index contributed by atoms with van der Waals surface area (Å²) in [7, 11) is -2.08. The second-order valence-electron chi connectivity index (χ2n) is 6.99. The summed E-state index contributed by atoms with van der Waals surface area (Å²) in [5.74, 6) is -0.152. The zero-order valence-electron chi connectivity index (χ0n) is 15.4. The highest BCUT2D eigenvalue weighted by Gasteiger charge is 2.35. The predicted octanol–water partition coefficient (Wildman–Crippen LogP) is 2.15. The number of sulfonamides is 1. The highest BCUT2D eigenvalue weighted by molar-refractivity contribution is 7.89. The van der Waals surface area contributed by atoms with Crippen LogP contribution in [0, 0.1) is 5.92 Å². The normalized spacial score (nSPS) is 22.4. The van der Waals surface area contributed by atoms with Crippen LogP contribution in [-0.2, 0) is 24.3 Å². The Balaban J connectivity index is 1.57. The summed E-state index contributed by atoms with van der Waals surface area (Å²) in [6.45, 7) is 0.513. The van der Waals surface area contributed by atoms with Crippen molar-refractivity contribution in [3.8, 4) is 5.75 Å². The smallest absolute Gasteiger partial charge is 0.309 e. The molecule has 1 aromatic carbocycles. The molecule has 0 amide bonds. The number of nitrogens with zero attached hydrogens (tertiary/aromatic N) is 1. The summed E-state index contributed by atoms with van der Waals surface area (Å²) in [4.78, 5) is 24.4. The van der Waals surface area contributed by atoms with Gasteiger partial charge < -0.3 is 9.47 Å². The Kier molecular flexibility index (Phi) is 6.16. The van der Waals surface area contributed by atoms with Crippen LogP contribution in [-0.4, -0.2) is 50.8 Å². The molecule has 0 N–H and O–H groups in total. The number of Topliss-reactive ketones (excluding diaryl/α,β-unsaturated/α-hetero) is 1. The third-order valence-electron chi connectivity index (χ3n) is 5.24. The number of piperidine rings is 1. The van der Waals surface area contributed by atoms with Gasteiger partial charge in [0.2, 0.25) is 10.0 Å². The summed E-state index contributed by atoms with van der Waals surface area (Å²) in [6, 6.07) is 6.25. The van der Waals surface area contributed by atoms with E-state index in [4.69, 9.17) is 9.47 Å². The van der Waals surface area contributed by atoms with Crippen molar-refractivity contribution in [2.75, 3.05) is 20.2 Å². The van der Waals surface area contributed by atoms with Crippen molar-refractivity contribution in [3.63, 3.8) is 0 Å². The van der Waals surface area contributed by atoms with Crippen molar-refractivity contribution in [1.82, 2.24) is 4.31 Å². The minimum atomic E-state index is -3.60. The van der Waals surface area contributed by atoms with E-state index in [1.54, 1.807) is 12.1 Å². The van der Waals surface area contributed by atoms with Crippen LogP contribution in [0.2, 0.25) is 0 Å². The SMILES string of the molecule is COc1ccc(S(=O)(=O)N2CCC(C(=O)OC3CCCCC3=O)CC2)cc1. The second kappa shape index (κ2) is 8.39. The van der Waals surface area contributed by atoms with Crippen molar-refractivity contribution >= 4 is 21.8 Å². The molecule has 0 bridgehead atoms. The highest BCUT2D eigenvalue weighted by Crippen LogP contribution is 2.27. The first-order chi connectivity index (χ1) is 12.9. The number of carbonyl (C=O) groups excluding carboxylic acids is 2. The number of ether oxygens (including phenoxy) is 2. The van der Waals surface area contributed by atoms with E-state index in [9.17, 15) is 18.0 Å². The molecule has 1 saturated carbocycles. The van der Waals surface area contributed by atoms with Crippen molar-refractivity contribution in [3.05, 3.63) is 24.3 Å². The van der Waals surface area contributed by atoms with Gasteiger partial charge in [0.25, 0.3) is 0 Å². The van der Waals surface area contributed by atoms with Crippen LogP contribution in [0.25, 0.3) is 0 Å². The second-order valence-corrected chi connectivity index (χ2v) is 8.93. The van der Waals surface area contributed by atoms with Gasteiger partial charge in [-0.3, -0.25) is 9.59 Å². The van der Waals surface area contributed by atoms with Crippen LogP contribution in [0.4, 0.5) is 0 Å². The van der Waals surface area contributed by atoms with Gasteiger partial charge in [0.1, 0.15) is 5.75 Å². The summed E-state index contributed by atoms with van der Waals surface area (Å²) in [6.07, 6.45) is 2.99. The lowest BCUT2D eigenvalue weighted by Gasteiger charge is -2.31. The molecule has 3 rings (SSSR count). The van der Waals surface area contributed by atoms with Crippen LogP contribution in [0.1, 0.15) is 38.5 Å². The largest absolute Gasteiger partial charge is 0.497 e. The van der Waals surface area contributed by atoms with Gasteiger partial charge in [0.05, 0.1) is 17.9 Å². The molecule has 7 nitrogen and oxygen atoms in total. The number of benzene rings is 1. The molecule has 1 aromatic rings. The summed E-state index contributed by atoms with van der Waals surface area (Å²) >= 11 is 0. The Labute approximate surface area is 159 Å². The van der Waals surface area contributed by atoms with E-state index >= 15 is 0 Å². The fourth-order valence-electron chi connectivity index (χ4n) is 3.54. The van der Waals surface area contributed by atoms with E-state index in [0.29, 0.717) is 31.4 Å². The Morgan fingerprint density at radius 1 is 1.07 bits per heavy atom. The van der Waals surface area contributed by atoms with E-state index in [0.717, 1.165) is 12.8 Å². The van der Waals surface area contributed by atoms with Gasteiger partial charge in [-0.1, -0.05) is 0 Å². The lowest BCUT2D eigenvalue weighted by molar-refractivity contribution is -0.161. The molecule has 2 aliphatic rings. The molecule has 0 radical (unpaired) electrons. The number of rotatable bonds is 5. The minimum absolute atomic E-state index is 0.00544. The maximum atomic E-state index is 12.7.